The maximum Gasteiger partial charge on any atom is 0.335 e. The second-order valence-electron chi connectivity index (χ2n) is 9.06. The number of amides is 1. The van der Waals surface area contributed by atoms with Gasteiger partial charge in [0.2, 0.25) is 5.95 Å². The SMILES string of the molecule is CCOc1ccc(/C(O)=C2\C(=O)C(=O)N(c3nc4ccc(C(=O)O)cc4[nH]3)C2c2ccc(OC)cc2)c(OCC)c1. The van der Waals surface area contributed by atoms with Gasteiger partial charge < -0.3 is 29.4 Å². The van der Waals surface area contributed by atoms with E-state index < -0.39 is 29.5 Å². The number of carboxylic acid groups (broad SMARTS) is 1. The maximum atomic E-state index is 13.6. The number of fused-ring (bicyclic) bond motifs is 1. The Morgan fingerprint density at radius 2 is 1.66 bits per heavy atom. The second kappa shape index (κ2) is 11.0. The molecule has 1 atom stereocenters. The molecule has 2 heterocycles. The molecular formula is C30H27N3O8. The average molecular weight is 558 g/mol. The van der Waals surface area contributed by atoms with Gasteiger partial charge in [0.05, 0.1) is 54.1 Å². The lowest BCUT2D eigenvalue weighted by Gasteiger charge is -2.23. The van der Waals surface area contributed by atoms with Gasteiger partial charge >= 0.3 is 11.9 Å². The summed E-state index contributed by atoms with van der Waals surface area (Å²) in [7, 11) is 1.52. The van der Waals surface area contributed by atoms with Gasteiger partial charge in [-0.2, -0.15) is 0 Å². The summed E-state index contributed by atoms with van der Waals surface area (Å²) in [4.78, 5) is 47.2. The molecule has 210 valence electrons. The predicted molar refractivity (Wildman–Crippen MR) is 150 cm³/mol. The fourth-order valence-electron chi connectivity index (χ4n) is 4.77. The molecule has 1 fully saturated rings. The summed E-state index contributed by atoms with van der Waals surface area (Å²) in [6, 6.07) is 14.7. The first-order valence-corrected chi connectivity index (χ1v) is 12.8. The molecule has 1 aliphatic heterocycles. The largest absolute Gasteiger partial charge is 0.507 e. The number of carbonyl (C=O) groups is 3. The third-order valence-corrected chi connectivity index (χ3v) is 6.64. The van der Waals surface area contributed by atoms with Crippen LogP contribution in [0.25, 0.3) is 16.8 Å². The van der Waals surface area contributed by atoms with Crippen LogP contribution in [-0.4, -0.2) is 58.2 Å². The molecule has 0 radical (unpaired) electrons. The molecule has 0 bridgehead atoms. The van der Waals surface area contributed by atoms with Gasteiger partial charge in [0.15, 0.2) is 0 Å². The number of carboxylic acids is 1. The van der Waals surface area contributed by atoms with Gasteiger partial charge in [-0.05, 0) is 61.9 Å². The number of anilines is 1. The van der Waals surface area contributed by atoms with Crippen LogP contribution in [0, 0.1) is 0 Å². The fraction of sp³-hybridized carbons (Fsp3) is 0.200. The smallest absolute Gasteiger partial charge is 0.335 e. The van der Waals surface area contributed by atoms with Gasteiger partial charge in [-0.15, -0.1) is 0 Å². The quantitative estimate of drug-likeness (QED) is 0.151. The lowest BCUT2D eigenvalue weighted by Crippen LogP contribution is -2.30. The standard InChI is InChI=1S/C30H27N3O8/c1-4-40-19-11-12-20(23(15-19)41-5-2)26(34)24-25(16-6-9-18(39-3)10-7-16)33(28(36)27(24)35)30-31-21-13-8-17(29(37)38)14-22(21)32-30/h6-15,25,34H,4-5H2,1-3H3,(H,31,32)(H,37,38)/b26-24+. The number of aromatic nitrogens is 2. The molecule has 41 heavy (non-hydrogen) atoms. The van der Waals surface area contributed by atoms with E-state index in [1.165, 1.54) is 25.3 Å². The summed E-state index contributed by atoms with van der Waals surface area (Å²) in [5.41, 5.74) is 1.33. The van der Waals surface area contributed by atoms with Crippen molar-refractivity contribution in [2.45, 2.75) is 19.9 Å². The number of imidazole rings is 1. The number of aromatic amines is 1. The average Bonchev–Trinajstić information content (AvgIpc) is 3.50. The number of Topliss-reactive ketones (excluding diaryl/α,β-unsaturated/α-hetero) is 1. The first-order chi connectivity index (χ1) is 19.8. The molecule has 11 nitrogen and oxygen atoms in total. The number of nitrogens with zero attached hydrogens (tertiary/aromatic N) is 2. The fourth-order valence-corrected chi connectivity index (χ4v) is 4.77. The summed E-state index contributed by atoms with van der Waals surface area (Å²) in [6.07, 6.45) is 0. The Bertz CT molecular complexity index is 1690. The molecule has 11 heteroatoms. The van der Waals surface area contributed by atoms with Crippen molar-refractivity contribution < 1.29 is 38.8 Å². The van der Waals surface area contributed by atoms with Crippen molar-refractivity contribution in [2.75, 3.05) is 25.2 Å². The topological polar surface area (TPSA) is 151 Å². The summed E-state index contributed by atoms with van der Waals surface area (Å²) in [5.74, 6) is -2.03. The molecular weight excluding hydrogens is 530 g/mol. The normalized spacial score (nSPS) is 16.3. The van der Waals surface area contributed by atoms with E-state index in [4.69, 9.17) is 14.2 Å². The molecule has 0 saturated carbocycles. The van der Waals surface area contributed by atoms with Crippen molar-refractivity contribution in [2.24, 2.45) is 0 Å². The number of carbonyl (C=O) groups excluding carboxylic acids is 2. The number of rotatable bonds is 9. The lowest BCUT2D eigenvalue weighted by molar-refractivity contribution is -0.132. The molecule has 3 N–H and O–H groups in total. The number of H-pyrrole nitrogens is 1. The summed E-state index contributed by atoms with van der Waals surface area (Å²) in [5, 5.41) is 21.0. The van der Waals surface area contributed by atoms with E-state index in [9.17, 15) is 24.6 Å². The molecule has 4 aromatic rings. The zero-order valence-electron chi connectivity index (χ0n) is 22.5. The molecule has 3 aromatic carbocycles. The van der Waals surface area contributed by atoms with Gasteiger partial charge in [0.25, 0.3) is 5.78 Å². The molecule has 0 spiro atoms. The van der Waals surface area contributed by atoms with Crippen molar-refractivity contribution in [1.29, 1.82) is 0 Å². The van der Waals surface area contributed by atoms with E-state index in [0.29, 0.717) is 34.7 Å². The van der Waals surface area contributed by atoms with Gasteiger partial charge in [0, 0.05) is 6.07 Å². The Morgan fingerprint density at radius 3 is 2.32 bits per heavy atom. The van der Waals surface area contributed by atoms with Gasteiger partial charge in [-0.1, -0.05) is 12.1 Å². The first-order valence-electron chi connectivity index (χ1n) is 12.8. The summed E-state index contributed by atoms with van der Waals surface area (Å²) < 4.78 is 16.6. The maximum absolute atomic E-state index is 13.6. The highest BCUT2D eigenvalue weighted by molar-refractivity contribution is 6.51. The minimum atomic E-state index is -1.12. The van der Waals surface area contributed by atoms with Crippen molar-refractivity contribution in [3.8, 4) is 17.2 Å². The number of hydrogen-bond acceptors (Lipinski definition) is 8. The van der Waals surface area contributed by atoms with E-state index in [2.05, 4.69) is 9.97 Å². The number of hydrogen-bond donors (Lipinski definition) is 3. The molecule has 1 aliphatic rings. The summed E-state index contributed by atoms with van der Waals surface area (Å²) >= 11 is 0. The van der Waals surface area contributed by atoms with Crippen LogP contribution >= 0.6 is 0 Å². The van der Waals surface area contributed by atoms with Crippen LogP contribution < -0.4 is 19.1 Å². The first kappa shape index (κ1) is 27.3. The third-order valence-electron chi connectivity index (χ3n) is 6.64. The molecule has 0 aliphatic carbocycles. The van der Waals surface area contributed by atoms with Gasteiger partial charge in [0.1, 0.15) is 23.0 Å². The van der Waals surface area contributed by atoms with Crippen molar-refractivity contribution >= 4 is 40.4 Å². The molecule has 1 unspecified atom stereocenters. The van der Waals surface area contributed by atoms with Gasteiger partial charge in [-0.25, -0.2) is 9.78 Å². The number of methoxy groups -OCH3 is 1. The number of nitrogens with one attached hydrogen (secondary N) is 1. The van der Waals surface area contributed by atoms with Crippen LogP contribution in [0.3, 0.4) is 0 Å². The van der Waals surface area contributed by atoms with E-state index >= 15 is 0 Å². The van der Waals surface area contributed by atoms with E-state index in [1.54, 1.807) is 49.4 Å². The number of benzene rings is 3. The van der Waals surface area contributed by atoms with Crippen molar-refractivity contribution in [1.82, 2.24) is 9.97 Å². The zero-order valence-corrected chi connectivity index (χ0v) is 22.5. The van der Waals surface area contributed by atoms with Crippen LogP contribution in [-0.2, 0) is 9.59 Å². The minimum absolute atomic E-state index is 0.0150. The number of ether oxygens (including phenoxy) is 3. The molecule has 5 rings (SSSR count). The molecule has 1 saturated heterocycles. The zero-order chi connectivity index (χ0) is 29.3. The van der Waals surface area contributed by atoms with Crippen LogP contribution in [0.5, 0.6) is 17.2 Å². The Hall–Kier alpha value is -5.32. The lowest BCUT2D eigenvalue weighted by atomic mass is 9.95. The second-order valence-corrected chi connectivity index (χ2v) is 9.06. The monoisotopic (exact) mass is 557 g/mol. The Morgan fingerprint density at radius 1 is 0.951 bits per heavy atom. The van der Waals surface area contributed by atoms with E-state index in [0.717, 1.165) is 4.90 Å². The Kier molecular flexibility index (Phi) is 7.34. The highest BCUT2D eigenvalue weighted by Crippen LogP contribution is 2.43. The van der Waals surface area contributed by atoms with Crippen LogP contribution in [0.1, 0.15) is 41.4 Å². The number of aromatic carboxylic acids is 1. The highest BCUT2D eigenvalue weighted by atomic mass is 16.5. The number of ketones is 1. The third kappa shape index (κ3) is 4.93. The predicted octanol–water partition coefficient (Wildman–Crippen LogP) is 4.69. The summed E-state index contributed by atoms with van der Waals surface area (Å²) in [6.45, 7) is 4.32. The Labute approximate surface area is 234 Å². The number of aliphatic hydroxyl groups excluding tert-OH is 1. The molecule has 1 aromatic heterocycles. The van der Waals surface area contributed by atoms with Crippen LogP contribution in [0.4, 0.5) is 5.95 Å². The van der Waals surface area contributed by atoms with Crippen LogP contribution in [0.15, 0.2) is 66.2 Å². The van der Waals surface area contributed by atoms with E-state index in [-0.39, 0.29) is 35.0 Å². The highest BCUT2D eigenvalue weighted by Gasteiger charge is 2.48. The molecule has 1 amide bonds. The number of aliphatic hydroxyl groups is 1. The Balaban J connectivity index is 1.71. The minimum Gasteiger partial charge on any atom is -0.507 e. The van der Waals surface area contributed by atoms with E-state index in [1.807, 2.05) is 6.92 Å². The van der Waals surface area contributed by atoms with Crippen LogP contribution in [0.2, 0.25) is 0 Å². The van der Waals surface area contributed by atoms with Crippen molar-refractivity contribution in [3.63, 3.8) is 0 Å². The van der Waals surface area contributed by atoms with Gasteiger partial charge in [-0.3, -0.25) is 14.5 Å². The van der Waals surface area contributed by atoms with Crippen molar-refractivity contribution in [3.05, 3.63) is 82.9 Å².